The molecule has 1 amide bonds. The van der Waals surface area contributed by atoms with Crippen LogP contribution in [0.5, 0.6) is 17.2 Å². The Hall–Kier alpha value is -3.19. The van der Waals surface area contributed by atoms with Crippen LogP contribution >= 0.6 is 11.6 Å². The number of benzene rings is 2. The van der Waals surface area contributed by atoms with Crippen molar-refractivity contribution in [2.45, 2.75) is 19.8 Å². The molecule has 8 heteroatoms. The topological polar surface area (TPSA) is 87.0 Å². The lowest BCUT2D eigenvalue weighted by atomic mass is 10.0. The molecule has 2 aromatic carbocycles. The number of carbonyl (C=O) groups excluding carboxylic acids is 1. The van der Waals surface area contributed by atoms with Gasteiger partial charge in [0.05, 0.1) is 38.3 Å². The molecule has 0 unspecified atom stereocenters. The number of nitrogens with one attached hydrogen (secondary N) is 1. The smallest absolute Gasteiger partial charge is 0.340 e. The van der Waals surface area contributed by atoms with Gasteiger partial charge < -0.3 is 23.9 Å². The van der Waals surface area contributed by atoms with Gasteiger partial charge in [-0.05, 0) is 42.7 Å². The number of rotatable bonds is 8. The fraction of sp³-hybridized carbons (Fsp3) is 0.304. The second kappa shape index (κ2) is 9.75. The van der Waals surface area contributed by atoms with Crippen LogP contribution in [0.3, 0.4) is 0 Å². The van der Waals surface area contributed by atoms with Gasteiger partial charge in [0.1, 0.15) is 11.3 Å². The lowest BCUT2D eigenvalue weighted by Crippen LogP contribution is -2.29. The Morgan fingerprint density at radius 1 is 1.03 bits per heavy atom. The molecular formula is C23H24ClNO6. The van der Waals surface area contributed by atoms with E-state index in [1.807, 2.05) is 18.2 Å². The Labute approximate surface area is 184 Å². The van der Waals surface area contributed by atoms with Gasteiger partial charge in [0, 0.05) is 18.0 Å². The maximum absolute atomic E-state index is 12.5. The van der Waals surface area contributed by atoms with Gasteiger partial charge in [-0.15, -0.1) is 0 Å². The van der Waals surface area contributed by atoms with Crippen LogP contribution in [0, 0.1) is 6.92 Å². The monoisotopic (exact) mass is 445 g/mol. The first-order chi connectivity index (χ1) is 14.9. The first-order valence-electron chi connectivity index (χ1n) is 9.65. The van der Waals surface area contributed by atoms with Gasteiger partial charge in [-0.25, -0.2) is 4.79 Å². The van der Waals surface area contributed by atoms with Gasteiger partial charge in [0.25, 0.3) is 0 Å². The average molecular weight is 446 g/mol. The first-order valence-corrected chi connectivity index (χ1v) is 10.0. The second-order valence-corrected chi connectivity index (χ2v) is 7.35. The Morgan fingerprint density at radius 3 is 2.42 bits per heavy atom. The van der Waals surface area contributed by atoms with E-state index in [0.717, 1.165) is 5.56 Å². The van der Waals surface area contributed by atoms with E-state index < -0.39 is 5.63 Å². The largest absolute Gasteiger partial charge is 0.495 e. The predicted octanol–water partition coefficient (Wildman–Crippen LogP) is 3.68. The minimum absolute atomic E-state index is 0.0836. The van der Waals surface area contributed by atoms with E-state index in [1.54, 1.807) is 33.3 Å². The Kier molecular flexibility index (Phi) is 7.07. The molecule has 0 aliphatic rings. The van der Waals surface area contributed by atoms with Crippen molar-refractivity contribution in [1.82, 2.24) is 5.32 Å². The zero-order valence-electron chi connectivity index (χ0n) is 17.8. The molecule has 0 fully saturated rings. The summed E-state index contributed by atoms with van der Waals surface area (Å²) in [5, 5.41) is 3.91. The van der Waals surface area contributed by atoms with Crippen LogP contribution in [0.15, 0.2) is 39.5 Å². The fourth-order valence-corrected chi connectivity index (χ4v) is 3.60. The molecule has 0 aliphatic carbocycles. The van der Waals surface area contributed by atoms with Crippen molar-refractivity contribution < 1.29 is 23.4 Å². The quantitative estimate of drug-likeness (QED) is 0.532. The highest BCUT2D eigenvalue weighted by Gasteiger charge is 2.17. The summed E-state index contributed by atoms with van der Waals surface area (Å²) in [6.45, 7) is 2.18. The summed E-state index contributed by atoms with van der Waals surface area (Å²) >= 11 is 6.20. The van der Waals surface area contributed by atoms with Crippen molar-refractivity contribution in [3.8, 4) is 17.2 Å². The number of hydrogen-bond donors (Lipinski definition) is 1. The van der Waals surface area contributed by atoms with Crippen LogP contribution in [0.2, 0.25) is 5.02 Å². The van der Waals surface area contributed by atoms with Crippen molar-refractivity contribution in [1.29, 1.82) is 0 Å². The van der Waals surface area contributed by atoms with E-state index in [-0.39, 0.29) is 12.3 Å². The minimum atomic E-state index is -0.551. The molecule has 0 saturated carbocycles. The Bertz CT molecular complexity index is 1170. The summed E-state index contributed by atoms with van der Waals surface area (Å²) in [6.07, 6.45) is 0.520. The van der Waals surface area contributed by atoms with Crippen LogP contribution in [0.25, 0.3) is 11.0 Å². The normalized spacial score (nSPS) is 10.7. The highest BCUT2D eigenvalue weighted by molar-refractivity contribution is 6.32. The number of carbonyl (C=O) groups is 1. The SMILES string of the molecule is COc1cc2oc(=O)c(CC(=O)NCCc3ccc(OC)c(OC)c3)c(C)c2cc1Cl. The van der Waals surface area contributed by atoms with Crippen LogP contribution in [-0.4, -0.2) is 33.8 Å². The van der Waals surface area contributed by atoms with Crippen LogP contribution < -0.4 is 25.2 Å². The lowest BCUT2D eigenvalue weighted by molar-refractivity contribution is -0.120. The molecule has 0 bridgehead atoms. The molecule has 1 heterocycles. The molecule has 1 N–H and O–H groups in total. The molecule has 31 heavy (non-hydrogen) atoms. The Balaban J connectivity index is 1.70. The standard InChI is InChI=1S/C23H24ClNO6/c1-13-15-10-17(24)20(29-3)12-19(15)31-23(27)16(13)11-22(26)25-8-7-14-5-6-18(28-2)21(9-14)30-4/h5-6,9-10,12H,7-8,11H2,1-4H3,(H,25,26). The number of aryl methyl sites for hydroxylation is 1. The summed E-state index contributed by atoms with van der Waals surface area (Å²) in [5.74, 6) is 1.42. The summed E-state index contributed by atoms with van der Waals surface area (Å²) in [4.78, 5) is 24.9. The predicted molar refractivity (Wildman–Crippen MR) is 119 cm³/mol. The van der Waals surface area contributed by atoms with Crippen molar-refractivity contribution in [2.75, 3.05) is 27.9 Å². The summed E-state index contributed by atoms with van der Waals surface area (Å²) < 4.78 is 21.1. The second-order valence-electron chi connectivity index (χ2n) is 6.94. The molecule has 0 aliphatic heterocycles. The molecule has 3 rings (SSSR count). The number of halogens is 1. The fourth-order valence-electron chi connectivity index (χ4n) is 3.36. The minimum Gasteiger partial charge on any atom is -0.495 e. The number of ether oxygens (including phenoxy) is 3. The van der Waals surface area contributed by atoms with Crippen molar-refractivity contribution in [3.05, 3.63) is 62.5 Å². The lowest BCUT2D eigenvalue weighted by Gasteiger charge is -2.11. The maximum Gasteiger partial charge on any atom is 0.340 e. The van der Waals surface area contributed by atoms with E-state index in [0.29, 0.717) is 57.3 Å². The van der Waals surface area contributed by atoms with Crippen LogP contribution in [-0.2, 0) is 17.6 Å². The zero-order chi connectivity index (χ0) is 22.5. The van der Waals surface area contributed by atoms with Gasteiger partial charge >= 0.3 is 5.63 Å². The molecule has 0 saturated heterocycles. The zero-order valence-corrected chi connectivity index (χ0v) is 18.6. The van der Waals surface area contributed by atoms with Crippen molar-refractivity contribution in [2.24, 2.45) is 0 Å². The third-order valence-corrected chi connectivity index (χ3v) is 5.38. The number of fused-ring (bicyclic) bond motifs is 1. The highest BCUT2D eigenvalue weighted by Crippen LogP contribution is 2.31. The molecular weight excluding hydrogens is 422 g/mol. The summed E-state index contributed by atoms with van der Waals surface area (Å²) in [5.41, 5.74) is 1.76. The van der Waals surface area contributed by atoms with Crippen molar-refractivity contribution >= 4 is 28.5 Å². The van der Waals surface area contributed by atoms with Gasteiger partial charge in [0.2, 0.25) is 5.91 Å². The van der Waals surface area contributed by atoms with Crippen molar-refractivity contribution in [3.63, 3.8) is 0 Å². The molecule has 7 nitrogen and oxygen atoms in total. The van der Waals surface area contributed by atoms with Gasteiger partial charge in [0.15, 0.2) is 11.5 Å². The third kappa shape index (κ3) is 4.94. The molecule has 0 atom stereocenters. The van der Waals surface area contributed by atoms with E-state index >= 15 is 0 Å². The number of methoxy groups -OCH3 is 3. The van der Waals surface area contributed by atoms with E-state index in [2.05, 4.69) is 5.32 Å². The third-order valence-electron chi connectivity index (χ3n) is 5.08. The summed E-state index contributed by atoms with van der Waals surface area (Å²) in [7, 11) is 4.64. The Morgan fingerprint density at radius 2 is 1.74 bits per heavy atom. The first kappa shape index (κ1) is 22.5. The van der Waals surface area contributed by atoms with Gasteiger partial charge in [-0.3, -0.25) is 4.79 Å². The van der Waals surface area contributed by atoms with E-state index in [4.69, 9.17) is 30.2 Å². The molecule has 1 aromatic heterocycles. The maximum atomic E-state index is 12.5. The van der Waals surface area contributed by atoms with E-state index in [9.17, 15) is 9.59 Å². The summed E-state index contributed by atoms with van der Waals surface area (Å²) in [6, 6.07) is 8.84. The number of amides is 1. The number of hydrogen-bond acceptors (Lipinski definition) is 6. The van der Waals surface area contributed by atoms with Gasteiger partial charge in [-0.1, -0.05) is 17.7 Å². The highest BCUT2D eigenvalue weighted by atomic mass is 35.5. The van der Waals surface area contributed by atoms with Crippen LogP contribution in [0.1, 0.15) is 16.7 Å². The van der Waals surface area contributed by atoms with Crippen LogP contribution in [0.4, 0.5) is 0 Å². The molecule has 3 aromatic rings. The van der Waals surface area contributed by atoms with E-state index in [1.165, 1.54) is 7.11 Å². The molecule has 0 spiro atoms. The average Bonchev–Trinajstić information content (AvgIpc) is 2.76. The molecule has 0 radical (unpaired) electrons. The van der Waals surface area contributed by atoms with Gasteiger partial charge in [-0.2, -0.15) is 0 Å². The molecule has 164 valence electrons.